The summed E-state index contributed by atoms with van der Waals surface area (Å²) >= 11 is 6.03. The van der Waals surface area contributed by atoms with Gasteiger partial charge in [0, 0.05) is 29.1 Å². The standard InChI is InChI=1S/C20H21ClN3O3/c21-16-7-11-17(12-8-16)22-14-20(25,23-13-3-1-2-4-19(22)23)15-5-9-18(10-6-15)24(26)27/h5-12,25H,1-4,13-14H2/q+1. The van der Waals surface area contributed by atoms with Gasteiger partial charge in [-0.1, -0.05) is 11.6 Å². The fourth-order valence-electron chi connectivity index (χ4n) is 4.03. The minimum absolute atomic E-state index is 0.0231. The van der Waals surface area contributed by atoms with E-state index in [0.717, 1.165) is 43.8 Å². The molecule has 27 heavy (non-hydrogen) atoms. The quantitative estimate of drug-likeness (QED) is 0.493. The normalized spacial score (nSPS) is 22.5. The van der Waals surface area contributed by atoms with Crippen molar-refractivity contribution in [2.75, 3.05) is 18.0 Å². The van der Waals surface area contributed by atoms with Gasteiger partial charge in [-0.25, -0.2) is 9.48 Å². The maximum Gasteiger partial charge on any atom is 0.271 e. The lowest BCUT2D eigenvalue weighted by atomic mass is 10.0. The molecular weight excluding hydrogens is 366 g/mol. The molecule has 2 aliphatic rings. The predicted molar refractivity (Wildman–Crippen MR) is 104 cm³/mol. The van der Waals surface area contributed by atoms with Crippen molar-refractivity contribution in [3.8, 4) is 0 Å². The number of nitro benzene ring substituents is 1. The van der Waals surface area contributed by atoms with Crippen LogP contribution in [0.25, 0.3) is 0 Å². The van der Waals surface area contributed by atoms with Gasteiger partial charge in [-0.2, -0.15) is 0 Å². The minimum Gasteiger partial charge on any atom is -0.346 e. The van der Waals surface area contributed by atoms with Crippen molar-refractivity contribution in [1.82, 2.24) is 0 Å². The van der Waals surface area contributed by atoms with Crippen LogP contribution in [0, 0.1) is 10.1 Å². The van der Waals surface area contributed by atoms with Crippen molar-refractivity contribution in [2.24, 2.45) is 0 Å². The van der Waals surface area contributed by atoms with E-state index >= 15 is 0 Å². The Kier molecular flexibility index (Phi) is 4.61. The van der Waals surface area contributed by atoms with Crippen molar-refractivity contribution in [3.63, 3.8) is 0 Å². The summed E-state index contributed by atoms with van der Waals surface area (Å²) in [5.74, 6) is 1.09. The van der Waals surface area contributed by atoms with E-state index in [2.05, 4.69) is 9.48 Å². The maximum absolute atomic E-state index is 11.7. The second kappa shape index (κ2) is 6.94. The number of amidine groups is 1. The molecule has 4 rings (SSSR count). The number of nitro groups is 1. The number of rotatable bonds is 3. The van der Waals surface area contributed by atoms with E-state index in [-0.39, 0.29) is 5.69 Å². The molecule has 0 aliphatic carbocycles. The Hall–Kier alpha value is -2.44. The van der Waals surface area contributed by atoms with E-state index in [1.165, 1.54) is 12.1 Å². The monoisotopic (exact) mass is 386 g/mol. The third kappa shape index (κ3) is 3.19. The number of aliphatic hydroxyl groups is 1. The summed E-state index contributed by atoms with van der Waals surface area (Å²) in [6.45, 7) is 1.13. The summed E-state index contributed by atoms with van der Waals surface area (Å²) in [6.07, 6.45) is 4.09. The minimum atomic E-state index is -1.21. The van der Waals surface area contributed by atoms with Crippen LogP contribution >= 0.6 is 11.6 Å². The zero-order chi connectivity index (χ0) is 19.0. The molecule has 0 saturated carbocycles. The van der Waals surface area contributed by atoms with Crippen LogP contribution in [0.2, 0.25) is 5.02 Å². The molecule has 7 heteroatoms. The van der Waals surface area contributed by atoms with E-state index in [0.29, 0.717) is 17.1 Å². The van der Waals surface area contributed by atoms with Crippen LogP contribution in [0.1, 0.15) is 31.2 Å². The summed E-state index contributed by atoms with van der Waals surface area (Å²) in [7, 11) is 0. The molecule has 140 valence electrons. The SMILES string of the molecule is O=[N+]([O-])c1ccc(C2(O)CN(c3ccc(Cl)cc3)C3=[N+]2CCCCC3)cc1. The van der Waals surface area contributed by atoms with Crippen molar-refractivity contribution < 1.29 is 14.6 Å². The summed E-state index contributed by atoms with van der Waals surface area (Å²) in [4.78, 5) is 12.7. The summed E-state index contributed by atoms with van der Waals surface area (Å²) < 4.78 is 2.07. The molecule has 1 atom stereocenters. The topological polar surface area (TPSA) is 69.6 Å². The van der Waals surface area contributed by atoms with E-state index in [4.69, 9.17) is 11.6 Å². The molecule has 2 heterocycles. The fourth-order valence-corrected chi connectivity index (χ4v) is 4.15. The zero-order valence-corrected chi connectivity index (χ0v) is 15.6. The third-order valence-electron chi connectivity index (χ3n) is 5.41. The molecule has 0 saturated heterocycles. The Bertz CT molecular complexity index is 896. The Morgan fingerprint density at radius 2 is 1.78 bits per heavy atom. The highest BCUT2D eigenvalue weighted by Gasteiger charge is 2.52. The van der Waals surface area contributed by atoms with Crippen molar-refractivity contribution >= 4 is 28.8 Å². The van der Waals surface area contributed by atoms with Gasteiger partial charge in [-0.3, -0.25) is 10.1 Å². The number of non-ortho nitro benzene ring substituents is 1. The van der Waals surface area contributed by atoms with Gasteiger partial charge < -0.3 is 5.11 Å². The molecule has 0 fully saturated rings. The first kappa shape index (κ1) is 17.9. The number of nitrogens with zero attached hydrogens (tertiary/aromatic N) is 3. The van der Waals surface area contributed by atoms with Crippen molar-refractivity contribution in [2.45, 2.75) is 31.4 Å². The summed E-state index contributed by atoms with van der Waals surface area (Å²) in [5, 5.41) is 23.3. The molecular formula is C20H21ClN3O3+. The van der Waals surface area contributed by atoms with Gasteiger partial charge in [0.1, 0.15) is 5.69 Å². The van der Waals surface area contributed by atoms with Crippen molar-refractivity contribution in [3.05, 3.63) is 69.2 Å². The van der Waals surface area contributed by atoms with E-state index in [9.17, 15) is 15.2 Å². The maximum atomic E-state index is 11.7. The van der Waals surface area contributed by atoms with Gasteiger partial charge in [0.05, 0.1) is 11.5 Å². The first-order valence-corrected chi connectivity index (χ1v) is 9.51. The molecule has 2 aliphatic heterocycles. The van der Waals surface area contributed by atoms with Crippen LogP contribution in [-0.4, -0.2) is 33.5 Å². The van der Waals surface area contributed by atoms with Gasteiger partial charge in [0.15, 0.2) is 6.54 Å². The van der Waals surface area contributed by atoms with E-state index in [1.54, 1.807) is 12.1 Å². The van der Waals surface area contributed by atoms with Crippen LogP contribution in [0.4, 0.5) is 11.4 Å². The van der Waals surface area contributed by atoms with Gasteiger partial charge in [0.2, 0.25) is 0 Å². The van der Waals surface area contributed by atoms with Gasteiger partial charge in [-0.05, 0) is 55.7 Å². The Morgan fingerprint density at radius 1 is 1.07 bits per heavy atom. The number of benzene rings is 2. The van der Waals surface area contributed by atoms with Crippen LogP contribution in [0.3, 0.4) is 0 Å². The smallest absolute Gasteiger partial charge is 0.271 e. The average Bonchev–Trinajstić information content (AvgIpc) is 2.83. The molecule has 0 bridgehead atoms. The lowest BCUT2D eigenvalue weighted by molar-refractivity contribution is -0.658. The van der Waals surface area contributed by atoms with Crippen LogP contribution in [0.15, 0.2) is 48.5 Å². The summed E-state index contributed by atoms with van der Waals surface area (Å²) in [5.41, 5.74) is 0.465. The molecule has 0 spiro atoms. The first-order chi connectivity index (χ1) is 13.0. The third-order valence-corrected chi connectivity index (χ3v) is 5.66. The largest absolute Gasteiger partial charge is 0.346 e. The molecule has 2 aromatic carbocycles. The van der Waals surface area contributed by atoms with Crippen LogP contribution in [-0.2, 0) is 5.72 Å². The second-order valence-electron chi connectivity index (χ2n) is 7.06. The van der Waals surface area contributed by atoms with Gasteiger partial charge in [-0.15, -0.1) is 0 Å². The van der Waals surface area contributed by atoms with Gasteiger partial charge >= 0.3 is 0 Å². The number of halogens is 1. The highest BCUT2D eigenvalue weighted by molar-refractivity contribution is 6.30. The number of β-amino-alcohol motifs (C(OH)–C–C–N with tert-alkyl or cyclic N) is 1. The highest BCUT2D eigenvalue weighted by atomic mass is 35.5. The Labute approximate surface area is 162 Å². The fraction of sp³-hybridized carbons (Fsp3) is 0.350. The number of anilines is 1. The number of hydrogen-bond donors (Lipinski definition) is 1. The highest BCUT2D eigenvalue weighted by Crippen LogP contribution is 2.36. The molecule has 0 radical (unpaired) electrons. The van der Waals surface area contributed by atoms with Crippen molar-refractivity contribution in [1.29, 1.82) is 0 Å². The van der Waals surface area contributed by atoms with E-state index < -0.39 is 10.6 Å². The van der Waals surface area contributed by atoms with E-state index in [1.807, 2.05) is 24.3 Å². The molecule has 1 N–H and O–H groups in total. The lowest BCUT2D eigenvalue weighted by Crippen LogP contribution is -2.41. The lowest BCUT2D eigenvalue weighted by Gasteiger charge is -2.23. The van der Waals surface area contributed by atoms with Crippen LogP contribution in [0.5, 0.6) is 0 Å². The summed E-state index contributed by atoms with van der Waals surface area (Å²) in [6, 6.07) is 13.8. The number of hydrogen-bond acceptors (Lipinski definition) is 4. The molecule has 0 aromatic heterocycles. The predicted octanol–water partition coefficient (Wildman–Crippen LogP) is 3.90. The average molecular weight is 387 g/mol. The zero-order valence-electron chi connectivity index (χ0n) is 14.8. The van der Waals surface area contributed by atoms with Gasteiger partial charge in [0.25, 0.3) is 17.2 Å². The Morgan fingerprint density at radius 3 is 2.44 bits per heavy atom. The second-order valence-corrected chi connectivity index (χ2v) is 7.50. The molecule has 6 nitrogen and oxygen atoms in total. The van der Waals surface area contributed by atoms with Crippen LogP contribution < -0.4 is 4.90 Å². The first-order valence-electron chi connectivity index (χ1n) is 9.13. The Balaban J connectivity index is 1.77. The molecule has 2 aromatic rings. The molecule has 0 amide bonds. The molecule has 1 unspecified atom stereocenters.